The third kappa shape index (κ3) is 4.32. The summed E-state index contributed by atoms with van der Waals surface area (Å²) in [5.74, 6) is 0.445. The van der Waals surface area contributed by atoms with E-state index >= 15 is 0 Å². The average molecular weight is 405 g/mol. The Morgan fingerprint density at radius 3 is 2.53 bits per heavy atom. The van der Waals surface area contributed by atoms with E-state index in [1.807, 2.05) is 24.3 Å². The van der Waals surface area contributed by atoms with Gasteiger partial charge < -0.3 is 10.2 Å². The molecule has 0 bridgehead atoms. The van der Waals surface area contributed by atoms with Crippen LogP contribution >= 0.6 is 0 Å². The SMILES string of the molecule is CC1CCN(c2ccc(NC(=O)c3ccn(-c4cccc([N+](=O)[O-])c4)n3)cc2)CC1. The second kappa shape index (κ2) is 8.36. The lowest BCUT2D eigenvalue weighted by molar-refractivity contribution is -0.384. The molecule has 30 heavy (non-hydrogen) atoms. The van der Waals surface area contributed by atoms with Crippen LogP contribution in [0.15, 0.2) is 60.8 Å². The minimum Gasteiger partial charge on any atom is -0.372 e. The first kappa shape index (κ1) is 19.6. The van der Waals surface area contributed by atoms with Gasteiger partial charge in [-0.05, 0) is 55.2 Å². The molecule has 8 heteroatoms. The number of hydrogen-bond donors (Lipinski definition) is 1. The zero-order chi connectivity index (χ0) is 21.1. The average Bonchev–Trinajstić information content (AvgIpc) is 3.26. The molecule has 4 rings (SSSR count). The van der Waals surface area contributed by atoms with Crippen LogP contribution in [0.25, 0.3) is 5.69 Å². The second-order valence-corrected chi connectivity index (χ2v) is 7.59. The van der Waals surface area contributed by atoms with E-state index in [0.29, 0.717) is 11.4 Å². The Balaban J connectivity index is 1.42. The summed E-state index contributed by atoms with van der Waals surface area (Å²) in [5, 5.41) is 18.0. The minimum absolute atomic E-state index is 0.0303. The van der Waals surface area contributed by atoms with Gasteiger partial charge in [0.25, 0.3) is 11.6 Å². The molecular formula is C22H23N5O3. The highest BCUT2D eigenvalue weighted by molar-refractivity contribution is 6.02. The molecular weight excluding hydrogens is 382 g/mol. The second-order valence-electron chi connectivity index (χ2n) is 7.59. The Hall–Kier alpha value is -3.68. The van der Waals surface area contributed by atoms with E-state index in [2.05, 4.69) is 22.2 Å². The molecule has 0 saturated carbocycles. The highest BCUT2D eigenvalue weighted by atomic mass is 16.6. The normalized spacial score (nSPS) is 14.5. The fourth-order valence-electron chi connectivity index (χ4n) is 3.56. The van der Waals surface area contributed by atoms with Gasteiger partial charge in [-0.2, -0.15) is 5.10 Å². The van der Waals surface area contributed by atoms with Gasteiger partial charge in [0.1, 0.15) is 0 Å². The molecule has 1 aliphatic heterocycles. The number of nitro groups is 1. The highest BCUT2D eigenvalue weighted by Gasteiger charge is 2.16. The maximum absolute atomic E-state index is 12.6. The van der Waals surface area contributed by atoms with Crippen molar-refractivity contribution in [3.8, 4) is 5.69 Å². The maximum Gasteiger partial charge on any atom is 0.276 e. The quantitative estimate of drug-likeness (QED) is 0.505. The lowest BCUT2D eigenvalue weighted by atomic mass is 9.99. The third-order valence-electron chi connectivity index (χ3n) is 5.40. The number of non-ortho nitro benzene ring substituents is 1. The molecule has 0 unspecified atom stereocenters. The first-order chi connectivity index (χ1) is 14.5. The summed E-state index contributed by atoms with van der Waals surface area (Å²) in [7, 11) is 0. The lowest BCUT2D eigenvalue weighted by Gasteiger charge is -2.32. The molecule has 0 spiro atoms. The van der Waals surface area contributed by atoms with Crippen LogP contribution in [-0.4, -0.2) is 33.7 Å². The number of benzene rings is 2. The maximum atomic E-state index is 12.6. The van der Waals surface area contributed by atoms with E-state index in [9.17, 15) is 14.9 Å². The topological polar surface area (TPSA) is 93.3 Å². The van der Waals surface area contributed by atoms with Gasteiger partial charge in [0, 0.05) is 42.8 Å². The van der Waals surface area contributed by atoms with Gasteiger partial charge in [-0.3, -0.25) is 14.9 Å². The number of rotatable bonds is 5. The summed E-state index contributed by atoms with van der Waals surface area (Å²) in [6.45, 7) is 4.40. The molecule has 8 nitrogen and oxygen atoms in total. The summed E-state index contributed by atoms with van der Waals surface area (Å²) in [6, 6.07) is 15.5. The fourth-order valence-corrected chi connectivity index (χ4v) is 3.56. The monoisotopic (exact) mass is 405 g/mol. The van der Waals surface area contributed by atoms with Crippen LogP contribution in [0.1, 0.15) is 30.3 Å². The minimum atomic E-state index is -0.464. The first-order valence-corrected chi connectivity index (χ1v) is 9.96. The van der Waals surface area contributed by atoms with Crippen molar-refractivity contribution in [1.82, 2.24) is 9.78 Å². The van der Waals surface area contributed by atoms with Gasteiger partial charge in [-0.1, -0.05) is 13.0 Å². The van der Waals surface area contributed by atoms with Crippen LogP contribution in [0.5, 0.6) is 0 Å². The van der Waals surface area contributed by atoms with Gasteiger partial charge in [-0.25, -0.2) is 4.68 Å². The Morgan fingerprint density at radius 1 is 1.10 bits per heavy atom. The van der Waals surface area contributed by atoms with Gasteiger partial charge in [0.2, 0.25) is 0 Å². The van der Waals surface area contributed by atoms with Crippen molar-refractivity contribution in [2.24, 2.45) is 5.92 Å². The molecule has 1 N–H and O–H groups in total. The lowest BCUT2D eigenvalue weighted by Crippen LogP contribution is -2.32. The van der Waals surface area contributed by atoms with E-state index in [-0.39, 0.29) is 17.3 Å². The van der Waals surface area contributed by atoms with E-state index in [1.165, 1.54) is 29.7 Å². The highest BCUT2D eigenvalue weighted by Crippen LogP contribution is 2.24. The third-order valence-corrected chi connectivity index (χ3v) is 5.40. The van der Waals surface area contributed by atoms with Gasteiger partial charge in [-0.15, -0.1) is 0 Å². The summed E-state index contributed by atoms with van der Waals surface area (Å²) in [6.07, 6.45) is 4.01. The number of hydrogen-bond acceptors (Lipinski definition) is 5. The number of amides is 1. The summed E-state index contributed by atoms with van der Waals surface area (Å²) in [5.41, 5.74) is 2.57. The zero-order valence-corrected chi connectivity index (χ0v) is 16.7. The van der Waals surface area contributed by atoms with Crippen LogP contribution in [0.4, 0.5) is 17.1 Å². The number of anilines is 2. The Bertz CT molecular complexity index is 1050. The Morgan fingerprint density at radius 2 is 1.83 bits per heavy atom. The van der Waals surface area contributed by atoms with Crippen LogP contribution in [-0.2, 0) is 0 Å². The number of carbonyl (C=O) groups is 1. The van der Waals surface area contributed by atoms with Crippen molar-refractivity contribution in [3.05, 3.63) is 76.6 Å². The van der Waals surface area contributed by atoms with Crippen LogP contribution in [0.2, 0.25) is 0 Å². The number of nitrogens with zero attached hydrogens (tertiary/aromatic N) is 4. The smallest absolute Gasteiger partial charge is 0.276 e. The van der Waals surface area contributed by atoms with E-state index in [1.54, 1.807) is 24.4 Å². The predicted molar refractivity (Wildman–Crippen MR) is 115 cm³/mol. The Kier molecular flexibility index (Phi) is 5.47. The molecule has 2 heterocycles. The van der Waals surface area contributed by atoms with Crippen molar-refractivity contribution < 1.29 is 9.72 Å². The number of piperidine rings is 1. The fraction of sp³-hybridized carbons (Fsp3) is 0.273. The van der Waals surface area contributed by atoms with Crippen molar-refractivity contribution >= 4 is 23.0 Å². The molecule has 1 aromatic heterocycles. The molecule has 1 aliphatic rings. The molecule has 0 atom stereocenters. The van der Waals surface area contributed by atoms with Crippen LogP contribution in [0.3, 0.4) is 0 Å². The van der Waals surface area contributed by atoms with Crippen molar-refractivity contribution in [2.75, 3.05) is 23.3 Å². The number of nitrogens with one attached hydrogen (secondary N) is 1. The van der Waals surface area contributed by atoms with Crippen LogP contribution < -0.4 is 10.2 Å². The van der Waals surface area contributed by atoms with E-state index in [4.69, 9.17) is 0 Å². The van der Waals surface area contributed by atoms with Gasteiger partial charge >= 0.3 is 0 Å². The van der Waals surface area contributed by atoms with Crippen molar-refractivity contribution in [1.29, 1.82) is 0 Å². The molecule has 1 fully saturated rings. The Labute approximate surface area is 174 Å². The van der Waals surface area contributed by atoms with Gasteiger partial charge in [0.15, 0.2) is 5.69 Å². The number of aromatic nitrogens is 2. The predicted octanol–water partition coefficient (Wildman–Crippen LogP) is 4.27. The molecule has 1 amide bonds. The summed E-state index contributed by atoms with van der Waals surface area (Å²) in [4.78, 5) is 25.4. The van der Waals surface area contributed by atoms with Crippen molar-refractivity contribution in [2.45, 2.75) is 19.8 Å². The summed E-state index contributed by atoms with van der Waals surface area (Å²) < 4.78 is 1.45. The summed E-state index contributed by atoms with van der Waals surface area (Å²) >= 11 is 0. The van der Waals surface area contributed by atoms with E-state index < -0.39 is 4.92 Å². The van der Waals surface area contributed by atoms with Crippen molar-refractivity contribution in [3.63, 3.8) is 0 Å². The first-order valence-electron chi connectivity index (χ1n) is 9.96. The number of carbonyl (C=O) groups excluding carboxylic acids is 1. The molecule has 2 aromatic carbocycles. The van der Waals surface area contributed by atoms with Crippen LogP contribution in [0, 0.1) is 16.0 Å². The van der Waals surface area contributed by atoms with Gasteiger partial charge in [0.05, 0.1) is 10.6 Å². The largest absolute Gasteiger partial charge is 0.372 e. The van der Waals surface area contributed by atoms with E-state index in [0.717, 1.165) is 24.7 Å². The number of nitro benzene ring substituents is 1. The molecule has 154 valence electrons. The molecule has 1 saturated heterocycles. The molecule has 0 aliphatic carbocycles. The molecule has 0 radical (unpaired) electrons. The molecule has 3 aromatic rings. The standard InChI is InChI=1S/C22H23N5O3/c1-16-9-12-25(13-10-16)18-7-5-17(6-8-18)23-22(28)21-11-14-26(24-21)19-3-2-4-20(15-19)27(29)30/h2-8,11,14-16H,9-10,12-13H2,1H3,(H,23,28). The zero-order valence-electron chi connectivity index (χ0n) is 16.7.